The maximum absolute atomic E-state index is 12.0. The molecule has 2 amide bonds. The highest BCUT2D eigenvalue weighted by Gasteiger charge is 2.23. The number of amides is 2. The zero-order chi connectivity index (χ0) is 14.3. The quantitative estimate of drug-likeness (QED) is 0.631. The van der Waals surface area contributed by atoms with Gasteiger partial charge in [0, 0.05) is 26.2 Å². The fourth-order valence-electron chi connectivity index (χ4n) is 2.12. The van der Waals surface area contributed by atoms with Crippen LogP contribution in [-0.4, -0.2) is 77.4 Å². The number of carbonyl (C=O) groups is 2. The van der Waals surface area contributed by atoms with Crippen LogP contribution in [0.15, 0.2) is 0 Å². The van der Waals surface area contributed by atoms with Crippen molar-refractivity contribution in [2.75, 3.05) is 39.3 Å². The molecule has 3 N–H and O–H groups in total. The lowest BCUT2D eigenvalue weighted by molar-refractivity contribution is -0.139. The number of hydrogen-bond acceptors (Lipinski definition) is 4. The van der Waals surface area contributed by atoms with Crippen LogP contribution in [0, 0.1) is 0 Å². The number of β-amino-alcohol motifs (C(OH)–C–C–N with tert-alkyl or cyclic N) is 1. The third kappa shape index (κ3) is 5.04. The Balaban J connectivity index is 2.46. The number of aliphatic hydroxyl groups is 1. The van der Waals surface area contributed by atoms with E-state index in [9.17, 15) is 9.59 Å². The molecule has 0 radical (unpaired) electrons. The van der Waals surface area contributed by atoms with E-state index in [0.29, 0.717) is 32.6 Å². The second kappa shape index (κ2) is 7.96. The van der Waals surface area contributed by atoms with Gasteiger partial charge in [0.05, 0.1) is 6.61 Å². The Morgan fingerprint density at radius 1 is 1.26 bits per heavy atom. The van der Waals surface area contributed by atoms with Gasteiger partial charge in [-0.1, -0.05) is 6.92 Å². The average Bonchev–Trinajstić information content (AvgIpc) is 2.61. The van der Waals surface area contributed by atoms with Gasteiger partial charge in [-0.2, -0.15) is 0 Å². The van der Waals surface area contributed by atoms with E-state index in [1.807, 2.05) is 0 Å². The zero-order valence-electron chi connectivity index (χ0n) is 11.3. The molecular formula is C12H23N3O4. The highest BCUT2D eigenvalue weighted by Crippen LogP contribution is 2.04. The fraction of sp³-hybridized carbons (Fsp3) is 0.833. The van der Waals surface area contributed by atoms with Crippen molar-refractivity contribution in [2.24, 2.45) is 0 Å². The van der Waals surface area contributed by atoms with Crippen molar-refractivity contribution >= 4 is 12.0 Å². The molecular weight excluding hydrogens is 250 g/mol. The molecule has 19 heavy (non-hydrogen) atoms. The normalized spacial score (nSPS) is 18.7. The van der Waals surface area contributed by atoms with Gasteiger partial charge in [-0.05, 0) is 19.4 Å². The van der Waals surface area contributed by atoms with Crippen LogP contribution in [0.1, 0.15) is 19.8 Å². The number of aliphatic hydroxyl groups excluding tert-OH is 1. The maximum atomic E-state index is 12.0. The lowest BCUT2D eigenvalue weighted by Gasteiger charge is -2.23. The van der Waals surface area contributed by atoms with Crippen molar-refractivity contribution in [3.8, 4) is 0 Å². The molecule has 0 aromatic carbocycles. The van der Waals surface area contributed by atoms with Crippen LogP contribution in [0.4, 0.5) is 4.79 Å². The minimum atomic E-state index is -1.01. The molecule has 0 aromatic rings. The van der Waals surface area contributed by atoms with Crippen LogP contribution in [0.5, 0.6) is 0 Å². The molecule has 0 bridgehead atoms. The van der Waals surface area contributed by atoms with Gasteiger partial charge in [-0.3, -0.25) is 4.90 Å². The summed E-state index contributed by atoms with van der Waals surface area (Å²) in [6.45, 7) is 5.18. The van der Waals surface area contributed by atoms with E-state index in [-0.39, 0.29) is 12.6 Å². The molecule has 110 valence electrons. The van der Waals surface area contributed by atoms with Crippen LogP contribution in [0.3, 0.4) is 0 Å². The first kappa shape index (κ1) is 15.7. The van der Waals surface area contributed by atoms with Gasteiger partial charge >= 0.3 is 12.0 Å². The minimum Gasteiger partial charge on any atom is -0.480 e. The van der Waals surface area contributed by atoms with E-state index >= 15 is 0 Å². The second-order valence-corrected chi connectivity index (χ2v) is 4.65. The Bertz CT molecular complexity index is 311. The highest BCUT2D eigenvalue weighted by molar-refractivity contribution is 5.82. The van der Waals surface area contributed by atoms with E-state index in [1.54, 1.807) is 11.8 Å². The smallest absolute Gasteiger partial charge is 0.326 e. The molecule has 1 aliphatic rings. The summed E-state index contributed by atoms with van der Waals surface area (Å²) >= 11 is 0. The van der Waals surface area contributed by atoms with Gasteiger partial charge < -0.3 is 20.4 Å². The number of carbonyl (C=O) groups excluding carboxylic acids is 1. The van der Waals surface area contributed by atoms with Crippen LogP contribution in [0.2, 0.25) is 0 Å². The molecule has 1 aliphatic heterocycles. The molecule has 7 nitrogen and oxygen atoms in total. The lowest BCUT2D eigenvalue weighted by Crippen LogP contribution is -2.48. The summed E-state index contributed by atoms with van der Waals surface area (Å²) < 4.78 is 0. The van der Waals surface area contributed by atoms with Crippen molar-refractivity contribution < 1.29 is 19.8 Å². The molecule has 1 atom stereocenters. The molecule has 0 aliphatic carbocycles. The Hall–Kier alpha value is -1.34. The summed E-state index contributed by atoms with van der Waals surface area (Å²) in [7, 11) is 0. The monoisotopic (exact) mass is 273 g/mol. The van der Waals surface area contributed by atoms with Gasteiger partial charge in [0.25, 0.3) is 0 Å². The predicted molar refractivity (Wildman–Crippen MR) is 70.0 cm³/mol. The average molecular weight is 273 g/mol. The summed E-state index contributed by atoms with van der Waals surface area (Å²) in [6.07, 6.45) is 1.20. The summed E-state index contributed by atoms with van der Waals surface area (Å²) in [5.74, 6) is -1.01. The van der Waals surface area contributed by atoms with Gasteiger partial charge in [0.15, 0.2) is 0 Å². The molecule has 0 spiro atoms. The Morgan fingerprint density at radius 2 is 2.00 bits per heavy atom. The number of aliphatic carboxylic acids is 1. The Kier molecular flexibility index (Phi) is 6.58. The summed E-state index contributed by atoms with van der Waals surface area (Å²) in [5.41, 5.74) is 0. The van der Waals surface area contributed by atoms with Crippen molar-refractivity contribution in [2.45, 2.75) is 25.8 Å². The van der Waals surface area contributed by atoms with Gasteiger partial charge in [-0.25, -0.2) is 9.59 Å². The SMILES string of the molecule is CC[C@@H](NC(=O)N1CCCN(CCO)CC1)C(=O)O. The third-order valence-corrected chi connectivity index (χ3v) is 3.30. The van der Waals surface area contributed by atoms with Gasteiger partial charge in [0.2, 0.25) is 0 Å². The number of carboxylic acid groups (broad SMARTS) is 1. The van der Waals surface area contributed by atoms with E-state index in [2.05, 4.69) is 10.2 Å². The van der Waals surface area contributed by atoms with E-state index in [4.69, 9.17) is 10.2 Å². The molecule has 1 saturated heterocycles. The molecule has 0 aromatic heterocycles. The molecule has 1 fully saturated rings. The van der Waals surface area contributed by atoms with E-state index in [1.165, 1.54) is 0 Å². The van der Waals surface area contributed by atoms with E-state index < -0.39 is 12.0 Å². The van der Waals surface area contributed by atoms with Crippen molar-refractivity contribution in [3.05, 3.63) is 0 Å². The summed E-state index contributed by atoms with van der Waals surface area (Å²) in [4.78, 5) is 26.6. The Morgan fingerprint density at radius 3 is 2.58 bits per heavy atom. The number of nitrogens with zero attached hydrogens (tertiary/aromatic N) is 2. The summed E-state index contributed by atoms with van der Waals surface area (Å²) in [5, 5.41) is 20.3. The minimum absolute atomic E-state index is 0.114. The van der Waals surface area contributed by atoms with Crippen LogP contribution in [0.25, 0.3) is 0 Å². The van der Waals surface area contributed by atoms with Crippen LogP contribution < -0.4 is 5.32 Å². The summed E-state index contributed by atoms with van der Waals surface area (Å²) in [6, 6.07) is -1.15. The molecule has 7 heteroatoms. The van der Waals surface area contributed by atoms with Gasteiger partial charge in [0.1, 0.15) is 6.04 Å². The largest absolute Gasteiger partial charge is 0.480 e. The first-order chi connectivity index (χ1) is 9.08. The van der Waals surface area contributed by atoms with Gasteiger partial charge in [-0.15, -0.1) is 0 Å². The Labute approximate surface area is 113 Å². The third-order valence-electron chi connectivity index (χ3n) is 3.30. The van der Waals surface area contributed by atoms with Crippen LogP contribution >= 0.6 is 0 Å². The predicted octanol–water partition coefficient (Wildman–Crippen LogP) is -0.441. The lowest BCUT2D eigenvalue weighted by atomic mass is 10.2. The molecule has 0 saturated carbocycles. The standard InChI is InChI=1S/C12H23N3O4/c1-2-10(11(17)18)13-12(19)15-5-3-4-14(6-7-15)8-9-16/h10,16H,2-9H2,1H3,(H,13,19)(H,17,18)/t10-/m1/s1. The van der Waals surface area contributed by atoms with Crippen molar-refractivity contribution in [3.63, 3.8) is 0 Å². The first-order valence-electron chi connectivity index (χ1n) is 6.70. The van der Waals surface area contributed by atoms with Crippen LogP contribution in [-0.2, 0) is 4.79 Å². The first-order valence-corrected chi connectivity index (χ1v) is 6.70. The number of nitrogens with one attached hydrogen (secondary N) is 1. The van der Waals surface area contributed by atoms with Crippen molar-refractivity contribution in [1.29, 1.82) is 0 Å². The van der Waals surface area contributed by atoms with Crippen molar-refractivity contribution in [1.82, 2.24) is 15.1 Å². The highest BCUT2D eigenvalue weighted by atomic mass is 16.4. The number of hydrogen-bond donors (Lipinski definition) is 3. The second-order valence-electron chi connectivity index (χ2n) is 4.65. The molecule has 0 unspecified atom stereocenters. The number of urea groups is 1. The fourth-order valence-corrected chi connectivity index (χ4v) is 2.12. The van der Waals surface area contributed by atoms with E-state index in [0.717, 1.165) is 13.0 Å². The topological polar surface area (TPSA) is 93.1 Å². The molecule has 1 rings (SSSR count). The molecule has 1 heterocycles. The number of carboxylic acids is 1. The maximum Gasteiger partial charge on any atom is 0.326 e. The zero-order valence-corrected chi connectivity index (χ0v) is 11.3. The number of rotatable bonds is 5.